The highest BCUT2D eigenvalue weighted by atomic mass is 35.5. The second-order valence-corrected chi connectivity index (χ2v) is 7.40. The lowest BCUT2D eigenvalue weighted by atomic mass is 10.1. The zero-order valence-corrected chi connectivity index (χ0v) is 17.0. The highest BCUT2D eigenvalue weighted by Gasteiger charge is 2.35. The number of aliphatic hydroxyl groups is 1. The number of rotatable bonds is 6. The second-order valence-electron chi connectivity index (χ2n) is 6.96. The van der Waals surface area contributed by atoms with Crippen LogP contribution in [0.15, 0.2) is 29.5 Å². The summed E-state index contributed by atoms with van der Waals surface area (Å²) in [7, 11) is 1.24. The minimum atomic E-state index is -0.640. The van der Waals surface area contributed by atoms with Gasteiger partial charge in [0.2, 0.25) is 0 Å². The molecule has 0 radical (unpaired) electrons. The first-order chi connectivity index (χ1) is 14.0. The molecule has 8 nitrogen and oxygen atoms in total. The number of carbonyl (C=O) groups is 3. The summed E-state index contributed by atoms with van der Waals surface area (Å²) in [6, 6.07) is 4.79. The van der Waals surface area contributed by atoms with Gasteiger partial charge in [-0.25, -0.2) is 4.79 Å². The van der Waals surface area contributed by atoms with Crippen LogP contribution in [0.1, 0.15) is 29.6 Å². The Labute approximate surface area is 174 Å². The molecule has 2 N–H and O–H groups in total. The number of hydrogen-bond acceptors (Lipinski definition) is 6. The van der Waals surface area contributed by atoms with Gasteiger partial charge in [0.15, 0.2) is 0 Å². The van der Waals surface area contributed by atoms with Gasteiger partial charge in [0.25, 0.3) is 11.8 Å². The Balaban J connectivity index is 1.94. The van der Waals surface area contributed by atoms with Crippen LogP contribution in [0.25, 0.3) is 0 Å². The number of aliphatic hydroxyl groups excluding tert-OH is 1. The summed E-state index contributed by atoms with van der Waals surface area (Å²) in [4.78, 5) is 41.1. The van der Waals surface area contributed by atoms with E-state index in [9.17, 15) is 19.5 Å². The van der Waals surface area contributed by atoms with Crippen molar-refractivity contribution in [3.63, 3.8) is 0 Å². The number of carbonyl (C=O) groups excluding carboxylic acids is 3. The fraction of sp³-hybridized carbons (Fsp3) is 0.450. The minimum Gasteiger partial charge on any atom is -0.466 e. The summed E-state index contributed by atoms with van der Waals surface area (Å²) < 4.78 is 4.79. The van der Waals surface area contributed by atoms with Gasteiger partial charge in [0.1, 0.15) is 5.70 Å². The molecule has 156 valence electrons. The van der Waals surface area contributed by atoms with Crippen LogP contribution in [0.4, 0.5) is 5.69 Å². The van der Waals surface area contributed by atoms with E-state index in [1.54, 1.807) is 23.1 Å². The highest BCUT2D eigenvalue weighted by molar-refractivity contribution is 6.31. The van der Waals surface area contributed by atoms with Crippen molar-refractivity contribution in [2.24, 2.45) is 0 Å². The number of methoxy groups -OCH3 is 1. The average molecular weight is 422 g/mol. The van der Waals surface area contributed by atoms with Gasteiger partial charge in [-0.3, -0.25) is 9.59 Å². The number of anilines is 1. The average Bonchev–Trinajstić information content (AvgIpc) is 3.04. The van der Waals surface area contributed by atoms with Crippen LogP contribution in [-0.4, -0.2) is 72.6 Å². The minimum absolute atomic E-state index is 0.0252. The molecule has 0 bridgehead atoms. The number of halogens is 1. The van der Waals surface area contributed by atoms with Gasteiger partial charge in [0.05, 0.1) is 37.1 Å². The van der Waals surface area contributed by atoms with Gasteiger partial charge in [-0.2, -0.15) is 0 Å². The molecular weight excluding hydrogens is 398 g/mol. The summed E-state index contributed by atoms with van der Waals surface area (Å²) in [5, 5.41) is 12.5. The van der Waals surface area contributed by atoms with Crippen molar-refractivity contribution in [2.75, 3.05) is 45.2 Å². The van der Waals surface area contributed by atoms with Crippen molar-refractivity contribution in [2.45, 2.75) is 19.3 Å². The van der Waals surface area contributed by atoms with Crippen molar-refractivity contribution in [1.29, 1.82) is 0 Å². The van der Waals surface area contributed by atoms with Crippen molar-refractivity contribution in [1.82, 2.24) is 9.80 Å². The quantitative estimate of drug-likeness (QED) is 0.677. The number of amides is 2. The van der Waals surface area contributed by atoms with E-state index in [1.807, 2.05) is 0 Å². The van der Waals surface area contributed by atoms with Crippen LogP contribution >= 0.6 is 11.6 Å². The number of likely N-dealkylation sites (tertiary alicyclic amines) is 1. The Kier molecular flexibility index (Phi) is 6.76. The first kappa shape index (κ1) is 21.1. The Morgan fingerprint density at radius 1 is 1.24 bits per heavy atom. The summed E-state index contributed by atoms with van der Waals surface area (Å²) in [5.41, 5.74) is 0.919. The smallest absolute Gasteiger partial charge is 0.337 e. The van der Waals surface area contributed by atoms with E-state index in [0.29, 0.717) is 29.4 Å². The molecule has 0 saturated carbocycles. The first-order valence-electron chi connectivity index (χ1n) is 9.53. The maximum atomic E-state index is 13.1. The number of nitrogens with zero attached hydrogens (tertiary/aromatic N) is 2. The second kappa shape index (κ2) is 9.28. The molecule has 2 amide bonds. The summed E-state index contributed by atoms with van der Waals surface area (Å²) >= 11 is 6.12. The Morgan fingerprint density at radius 3 is 2.62 bits per heavy atom. The number of benzene rings is 1. The van der Waals surface area contributed by atoms with E-state index in [-0.39, 0.29) is 36.9 Å². The van der Waals surface area contributed by atoms with Crippen molar-refractivity contribution < 1.29 is 24.2 Å². The van der Waals surface area contributed by atoms with Crippen molar-refractivity contribution in [3.05, 3.63) is 40.1 Å². The van der Waals surface area contributed by atoms with Crippen LogP contribution in [-0.2, 0) is 14.3 Å². The lowest BCUT2D eigenvalue weighted by Crippen LogP contribution is -2.36. The molecule has 29 heavy (non-hydrogen) atoms. The van der Waals surface area contributed by atoms with Crippen molar-refractivity contribution >= 4 is 35.1 Å². The fourth-order valence-corrected chi connectivity index (χ4v) is 3.73. The molecule has 0 aliphatic carbocycles. The number of ether oxygens (including phenoxy) is 1. The van der Waals surface area contributed by atoms with Gasteiger partial charge in [-0.05, 0) is 37.5 Å². The maximum absolute atomic E-state index is 13.1. The molecule has 9 heteroatoms. The van der Waals surface area contributed by atoms with E-state index in [2.05, 4.69) is 5.32 Å². The fourth-order valence-electron chi connectivity index (χ4n) is 3.55. The highest BCUT2D eigenvalue weighted by Crippen LogP contribution is 2.28. The van der Waals surface area contributed by atoms with E-state index >= 15 is 0 Å². The van der Waals surface area contributed by atoms with Crippen LogP contribution in [0.2, 0.25) is 5.02 Å². The van der Waals surface area contributed by atoms with Gasteiger partial charge in [-0.15, -0.1) is 0 Å². The van der Waals surface area contributed by atoms with E-state index < -0.39 is 11.9 Å². The molecule has 0 unspecified atom stereocenters. The molecule has 2 aliphatic rings. The van der Waals surface area contributed by atoms with E-state index in [0.717, 1.165) is 19.3 Å². The zero-order chi connectivity index (χ0) is 21.0. The number of β-amino-alcohol motifs (C(OH)–C–C–N with tert-alkyl or cyclic N) is 1. The number of piperidine rings is 1. The molecule has 1 saturated heterocycles. The topological polar surface area (TPSA) is 99.2 Å². The van der Waals surface area contributed by atoms with Gasteiger partial charge in [0, 0.05) is 24.7 Å². The Bertz CT molecular complexity index is 849. The first-order valence-corrected chi connectivity index (χ1v) is 9.91. The maximum Gasteiger partial charge on any atom is 0.337 e. The van der Waals surface area contributed by atoms with Gasteiger partial charge in [-0.1, -0.05) is 11.6 Å². The monoisotopic (exact) mass is 421 g/mol. The van der Waals surface area contributed by atoms with Gasteiger partial charge < -0.3 is 25.0 Å². The summed E-state index contributed by atoms with van der Waals surface area (Å²) in [6.45, 7) is 1.23. The van der Waals surface area contributed by atoms with Crippen molar-refractivity contribution in [3.8, 4) is 0 Å². The largest absolute Gasteiger partial charge is 0.466 e. The molecule has 2 heterocycles. The summed E-state index contributed by atoms with van der Waals surface area (Å²) in [6.07, 6.45) is 2.98. The Hall–Kier alpha value is -2.58. The van der Waals surface area contributed by atoms with Crippen LogP contribution in [0.3, 0.4) is 0 Å². The third-order valence-electron chi connectivity index (χ3n) is 5.07. The third-order valence-corrected chi connectivity index (χ3v) is 5.30. The molecular formula is C20H24ClN3O5. The number of esters is 1. The molecule has 0 spiro atoms. The van der Waals surface area contributed by atoms with Crippen LogP contribution in [0.5, 0.6) is 0 Å². The third kappa shape index (κ3) is 4.54. The molecule has 2 aliphatic heterocycles. The molecule has 3 rings (SSSR count). The van der Waals surface area contributed by atoms with Crippen LogP contribution in [0, 0.1) is 0 Å². The molecule has 1 fully saturated rings. The SMILES string of the molecule is COC(=O)C1=C(Nc2ccc(Cl)cc2C(=O)N2CCCCC2)C(=O)N(CCO)C1. The predicted molar refractivity (Wildman–Crippen MR) is 108 cm³/mol. The van der Waals surface area contributed by atoms with E-state index in [1.165, 1.54) is 12.0 Å². The molecule has 0 atom stereocenters. The zero-order valence-electron chi connectivity index (χ0n) is 16.2. The lowest BCUT2D eigenvalue weighted by molar-refractivity contribution is -0.136. The van der Waals surface area contributed by atoms with Crippen LogP contribution < -0.4 is 5.32 Å². The number of nitrogens with one attached hydrogen (secondary N) is 1. The Morgan fingerprint density at radius 2 is 1.97 bits per heavy atom. The predicted octanol–water partition coefficient (Wildman–Crippen LogP) is 1.64. The summed E-state index contributed by atoms with van der Waals surface area (Å²) in [5.74, 6) is -1.25. The normalized spacial score (nSPS) is 17.0. The molecule has 1 aromatic carbocycles. The molecule has 1 aromatic rings. The van der Waals surface area contributed by atoms with E-state index in [4.69, 9.17) is 16.3 Å². The van der Waals surface area contributed by atoms with Gasteiger partial charge >= 0.3 is 5.97 Å². The standard InChI is InChI=1S/C20H24ClN3O5/c1-29-20(28)15-12-24(9-10-25)19(27)17(15)22-16-6-5-13(21)11-14(16)18(26)23-7-3-2-4-8-23/h5-6,11,22,25H,2-4,7-10,12H2,1H3. The lowest BCUT2D eigenvalue weighted by Gasteiger charge is -2.27. The number of hydrogen-bond donors (Lipinski definition) is 2. The molecule has 0 aromatic heterocycles.